The predicted molar refractivity (Wildman–Crippen MR) is 137 cm³/mol. The number of aromatic nitrogens is 1. The van der Waals surface area contributed by atoms with E-state index in [9.17, 15) is 0 Å². The van der Waals surface area contributed by atoms with E-state index < -0.39 is 0 Å². The molecule has 0 bridgehead atoms. The lowest BCUT2D eigenvalue weighted by atomic mass is 10.1. The van der Waals surface area contributed by atoms with E-state index in [0.717, 1.165) is 57.9 Å². The summed E-state index contributed by atoms with van der Waals surface area (Å²) in [7, 11) is 1.81. The van der Waals surface area contributed by atoms with Crippen LogP contribution in [-0.4, -0.2) is 44.3 Å². The molecule has 5 nitrogen and oxygen atoms in total. The maximum atomic E-state index is 5.74. The van der Waals surface area contributed by atoms with Gasteiger partial charge < -0.3 is 20.4 Å². The molecule has 0 amide bonds. The molecule has 30 heavy (non-hydrogen) atoms. The average Bonchev–Trinajstić information content (AvgIpc) is 3.18. The molecule has 0 unspecified atom stereocenters. The van der Waals surface area contributed by atoms with Crippen molar-refractivity contribution >= 4 is 40.8 Å². The van der Waals surface area contributed by atoms with Crippen molar-refractivity contribution < 1.29 is 4.74 Å². The molecule has 0 spiro atoms. The number of benzene rings is 2. The van der Waals surface area contributed by atoms with E-state index in [1.54, 1.807) is 0 Å². The van der Waals surface area contributed by atoms with Crippen LogP contribution >= 0.6 is 24.0 Å². The summed E-state index contributed by atoms with van der Waals surface area (Å²) < 4.78 is 5.74. The van der Waals surface area contributed by atoms with E-state index in [-0.39, 0.29) is 24.0 Å². The van der Waals surface area contributed by atoms with Crippen LogP contribution in [0.25, 0.3) is 10.9 Å². The molecule has 3 N–H and O–H groups in total. The Bertz CT molecular complexity index is 879. The number of halogens is 1. The van der Waals surface area contributed by atoms with Crippen LogP contribution in [0.5, 0.6) is 0 Å². The smallest absolute Gasteiger partial charge is 0.190 e. The summed E-state index contributed by atoms with van der Waals surface area (Å²) in [4.78, 5) is 7.63. The number of hydrogen-bond acceptors (Lipinski definition) is 2. The molecule has 0 saturated carbocycles. The topological polar surface area (TPSA) is 61.4 Å². The molecule has 1 aromatic heterocycles. The predicted octanol–water partition coefficient (Wildman–Crippen LogP) is 4.53. The zero-order chi connectivity index (χ0) is 20.2. The van der Waals surface area contributed by atoms with Gasteiger partial charge in [0, 0.05) is 43.8 Å². The minimum absolute atomic E-state index is 0. The van der Waals surface area contributed by atoms with Gasteiger partial charge in [-0.3, -0.25) is 4.99 Å². The van der Waals surface area contributed by atoms with Crippen molar-refractivity contribution in [2.24, 2.45) is 4.99 Å². The first-order valence-electron chi connectivity index (χ1n) is 10.5. The molecular formula is C24H33IN4O. The normalized spacial score (nSPS) is 11.3. The first-order chi connectivity index (χ1) is 14.4. The molecule has 0 atom stereocenters. The van der Waals surface area contributed by atoms with Gasteiger partial charge in [-0.2, -0.15) is 0 Å². The Morgan fingerprint density at radius 1 is 0.900 bits per heavy atom. The molecule has 3 aromatic rings. The van der Waals surface area contributed by atoms with Crippen molar-refractivity contribution in [1.82, 2.24) is 15.6 Å². The van der Waals surface area contributed by atoms with Gasteiger partial charge in [-0.05, 0) is 42.9 Å². The first kappa shape index (κ1) is 24.2. The molecule has 0 fully saturated rings. The Balaban J connectivity index is 0.00000320. The number of nitrogens with one attached hydrogen (secondary N) is 3. The average molecular weight is 520 g/mol. The maximum absolute atomic E-state index is 5.74. The number of nitrogens with zero attached hydrogens (tertiary/aromatic N) is 1. The van der Waals surface area contributed by atoms with Crippen molar-refractivity contribution in [3.8, 4) is 0 Å². The third kappa shape index (κ3) is 7.99. The molecule has 6 heteroatoms. The molecule has 0 aliphatic carbocycles. The molecule has 3 rings (SSSR count). The van der Waals surface area contributed by atoms with Gasteiger partial charge in [0.05, 0.1) is 6.61 Å². The highest BCUT2D eigenvalue weighted by molar-refractivity contribution is 14.0. The van der Waals surface area contributed by atoms with E-state index in [4.69, 9.17) is 4.74 Å². The second-order valence-electron chi connectivity index (χ2n) is 7.09. The van der Waals surface area contributed by atoms with Gasteiger partial charge in [-0.25, -0.2) is 0 Å². The molecular weight excluding hydrogens is 487 g/mol. The van der Waals surface area contributed by atoms with Crippen LogP contribution < -0.4 is 10.6 Å². The number of rotatable bonds is 11. The van der Waals surface area contributed by atoms with Crippen molar-refractivity contribution in [3.63, 3.8) is 0 Å². The van der Waals surface area contributed by atoms with Gasteiger partial charge in [0.2, 0.25) is 0 Å². The van der Waals surface area contributed by atoms with Crippen molar-refractivity contribution in [1.29, 1.82) is 0 Å². The quantitative estimate of drug-likeness (QED) is 0.151. The van der Waals surface area contributed by atoms with Crippen molar-refractivity contribution in [2.75, 3.05) is 33.4 Å². The third-order valence-electron chi connectivity index (χ3n) is 4.97. The fourth-order valence-electron chi connectivity index (χ4n) is 3.35. The molecule has 1 heterocycles. The SMILES string of the molecule is CN=C(NCCCCOCCc1ccccc1)NCCc1c[nH]c2ccccc12.I. The number of para-hydroxylation sites is 1. The van der Waals surface area contributed by atoms with Crippen LogP contribution in [0.15, 0.2) is 65.8 Å². The van der Waals surface area contributed by atoms with Crippen molar-refractivity contribution in [2.45, 2.75) is 25.7 Å². The maximum Gasteiger partial charge on any atom is 0.190 e. The van der Waals surface area contributed by atoms with E-state index in [1.807, 2.05) is 13.1 Å². The van der Waals surface area contributed by atoms with E-state index in [2.05, 4.69) is 75.3 Å². The summed E-state index contributed by atoms with van der Waals surface area (Å²) in [5.41, 5.74) is 3.85. The molecule has 2 aromatic carbocycles. The van der Waals surface area contributed by atoms with Gasteiger partial charge in [0.25, 0.3) is 0 Å². The third-order valence-corrected chi connectivity index (χ3v) is 4.97. The van der Waals surface area contributed by atoms with E-state index in [0.29, 0.717) is 0 Å². The van der Waals surface area contributed by atoms with Crippen LogP contribution in [0.2, 0.25) is 0 Å². The number of H-pyrrole nitrogens is 1. The standard InChI is InChI=1S/C24H32N4O.HI/c1-25-24(27-16-13-21-19-28-23-12-6-5-11-22(21)23)26-15-7-8-17-29-18-14-20-9-3-2-4-10-20;/h2-6,9-12,19,28H,7-8,13-18H2,1H3,(H2,25,26,27);1H. The largest absolute Gasteiger partial charge is 0.381 e. The van der Waals surface area contributed by atoms with Gasteiger partial charge in [0.1, 0.15) is 0 Å². The molecule has 162 valence electrons. The number of hydrogen-bond donors (Lipinski definition) is 3. The Morgan fingerprint density at radius 3 is 2.50 bits per heavy atom. The second-order valence-corrected chi connectivity index (χ2v) is 7.09. The highest BCUT2D eigenvalue weighted by Gasteiger charge is 2.03. The first-order valence-corrected chi connectivity index (χ1v) is 10.5. The zero-order valence-electron chi connectivity index (χ0n) is 17.7. The van der Waals surface area contributed by atoms with Gasteiger partial charge in [-0.1, -0.05) is 48.5 Å². The summed E-state index contributed by atoms with van der Waals surface area (Å²) in [6.07, 6.45) is 6.15. The van der Waals surface area contributed by atoms with E-state index >= 15 is 0 Å². The van der Waals surface area contributed by atoms with Crippen LogP contribution in [-0.2, 0) is 17.6 Å². The molecule has 0 aliphatic heterocycles. The molecule has 0 saturated heterocycles. The van der Waals surface area contributed by atoms with Crippen LogP contribution in [0.4, 0.5) is 0 Å². The number of ether oxygens (including phenoxy) is 1. The fraction of sp³-hybridized carbons (Fsp3) is 0.375. The highest BCUT2D eigenvalue weighted by atomic mass is 127. The Hall–Kier alpha value is -2.06. The van der Waals surface area contributed by atoms with Crippen LogP contribution in [0.3, 0.4) is 0 Å². The van der Waals surface area contributed by atoms with Crippen LogP contribution in [0, 0.1) is 0 Å². The lowest BCUT2D eigenvalue weighted by Gasteiger charge is -2.11. The number of guanidine groups is 1. The lowest BCUT2D eigenvalue weighted by molar-refractivity contribution is 0.133. The van der Waals surface area contributed by atoms with E-state index in [1.165, 1.54) is 22.0 Å². The minimum atomic E-state index is 0. The second kappa shape index (κ2) is 14.0. The summed E-state index contributed by atoms with van der Waals surface area (Å²) in [5.74, 6) is 0.856. The summed E-state index contributed by atoms with van der Waals surface area (Å²) in [6.45, 7) is 3.34. The number of aromatic amines is 1. The lowest BCUT2D eigenvalue weighted by Crippen LogP contribution is -2.38. The van der Waals surface area contributed by atoms with Gasteiger partial charge in [-0.15, -0.1) is 24.0 Å². The van der Waals surface area contributed by atoms with Crippen LogP contribution in [0.1, 0.15) is 24.0 Å². The van der Waals surface area contributed by atoms with Gasteiger partial charge in [0.15, 0.2) is 5.96 Å². The van der Waals surface area contributed by atoms with Gasteiger partial charge >= 0.3 is 0 Å². The number of aliphatic imine (C=N–C) groups is 1. The van der Waals surface area contributed by atoms with Crippen molar-refractivity contribution in [3.05, 3.63) is 71.9 Å². The summed E-state index contributed by atoms with van der Waals surface area (Å²) >= 11 is 0. The minimum Gasteiger partial charge on any atom is -0.381 e. The Kier molecular flexibility index (Phi) is 11.3. The Labute approximate surface area is 196 Å². The zero-order valence-corrected chi connectivity index (χ0v) is 20.0. The molecule has 0 aliphatic rings. The number of fused-ring (bicyclic) bond motifs is 1. The summed E-state index contributed by atoms with van der Waals surface area (Å²) in [5, 5.41) is 8.07. The molecule has 0 radical (unpaired) electrons. The monoisotopic (exact) mass is 520 g/mol. The Morgan fingerprint density at radius 2 is 1.67 bits per heavy atom. The highest BCUT2D eigenvalue weighted by Crippen LogP contribution is 2.17. The fourth-order valence-corrected chi connectivity index (χ4v) is 3.35. The number of unbranched alkanes of at least 4 members (excludes halogenated alkanes) is 1. The summed E-state index contributed by atoms with van der Waals surface area (Å²) in [6, 6.07) is 18.9.